The van der Waals surface area contributed by atoms with Crippen LogP contribution in [0.5, 0.6) is 0 Å². The Bertz CT molecular complexity index is 1230. The molecule has 0 heterocycles. The summed E-state index contributed by atoms with van der Waals surface area (Å²) < 4.78 is 92.1. The Morgan fingerprint density at radius 1 is 0.875 bits per heavy atom. The normalized spacial score (nSPS) is 20.5. The standard InChI is InChI=1S/C30H29F6NO3/c1-19(22-15-23(29(31,32)33)17-24(16-22)30(34,35)36)40-26-14-8-13-25(27(26)21-11-6-3-7-12-21)37-28(38)39-18-20-9-4-2-5-10-20/h2-7,9-12,15-17,19,25-27H,8,13-14,18H2,1H3,(H,37,38)/t19-,25+,26-,27-/m1/s1. The number of amides is 1. The molecule has 3 aromatic carbocycles. The highest BCUT2D eigenvalue weighted by Crippen LogP contribution is 2.41. The lowest BCUT2D eigenvalue weighted by Crippen LogP contribution is -2.47. The minimum Gasteiger partial charge on any atom is -0.445 e. The molecule has 4 nitrogen and oxygen atoms in total. The zero-order chi connectivity index (χ0) is 28.9. The molecule has 10 heteroatoms. The van der Waals surface area contributed by atoms with Gasteiger partial charge in [-0.25, -0.2) is 4.79 Å². The summed E-state index contributed by atoms with van der Waals surface area (Å²) in [4.78, 5) is 12.7. The van der Waals surface area contributed by atoms with Crippen LogP contribution in [0.4, 0.5) is 31.1 Å². The fraction of sp³-hybridized carbons (Fsp3) is 0.367. The maximum atomic E-state index is 13.4. The summed E-state index contributed by atoms with van der Waals surface area (Å²) in [5, 5.41) is 2.90. The summed E-state index contributed by atoms with van der Waals surface area (Å²) in [6, 6.07) is 19.4. The molecule has 0 bridgehead atoms. The van der Waals surface area contributed by atoms with E-state index in [1.54, 1.807) is 0 Å². The van der Waals surface area contributed by atoms with Gasteiger partial charge in [0.1, 0.15) is 6.61 Å². The van der Waals surface area contributed by atoms with Crippen molar-refractivity contribution >= 4 is 6.09 Å². The third-order valence-corrected chi connectivity index (χ3v) is 7.00. The second-order valence-electron chi connectivity index (χ2n) is 9.84. The number of hydrogen-bond acceptors (Lipinski definition) is 3. The molecule has 1 amide bonds. The second kappa shape index (κ2) is 12.3. The molecule has 1 saturated carbocycles. The van der Waals surface area contributed by atoms with Gasteiger partial charge in [-0.1, -0.05) is 60.7 Å². The Morgan fingerprint density at radius 3 is 2.02 bits per heavy atom. The molecule has 0 spiro atoms. The van der Waals surface area contributed by atoms with Crippen LogP contribution in [0.25, 0.3) is 0 Å². The number of alkyl halides is 6. The number of nitrogens with one attached hydrogen (secondary N) is 1. The molecule has 0 aliphatic heterocycles. The Balaban J connectivity index is 1.56. The minimum atomic E-state index is -4.96. The molecule has 4 rings (SSSR count). The van der Waals surface area contributed by atoms with Crippen molar-refractivity contribution < 1.29 is 40.6 Å². The Morgan fingerprint density at radius 2 is 1.45 bits per heavy atom. The first-order valence-electron chi connectivity index (χ1n) is 12.9. The molecule has 0 unspecified atom stereocenters. The van der Waals surface area contributed by atoms with Gasteiger partial charge in [-0.05, 0) is 61.1 Å². The molecular weight excluding hydrogens is 536 g/mol. The van der Waals surface area contributed by atoms with Crippen molar-refractivity contribution in [2.75, 3.05) is 0 Å². The summed E-state index contributed by atoms with van der Waals surface area (Å²) in [6.45, 7) is 1.51. The first-order valence-corrected chi connectivity index (χ1v) is 12.9. The van der Waals surface area contributed by atoms with E-state index in [1.165, 1.54) is 6.92 Å². The van der Waals surface area contributed by atoms with Crippen LogP contribution < -0.4 is 5.32 Å². The average Bonchev–Trinajstić information content (AvgIpc) is 2.92. The van der Waals surface area contributed by atoms with Crippen LogP contribution in [-0.4, -0.2) is 18.2 Å². The lowest BCUT2D eigenvalue weighted by atomic mass is 9.77. The maximum Gasteiger partial charge on any atom is 0.416 e. The van der Waals surface area contributed by atoms with Gasteiger partial charge in [0.05, 0.1) is 23.3 Å². The Hall–Kier alpha value is -3.53. The Labute approximate surface area is 228 Å². The summed E-state index contributed by atoms with van der Waals surface area (Å²) in [5.41, 5.74) is -1.37. The summed E-state index contributed by atoms with van der Waals surface area (Å²) >= 11 is 0. The lowest BCUT2D eigenvalue weighted by Gasteiger charge is -2.40. The predicted molar refractivity (Wildman–Crippen MR) is 136 cm³/mol. The number of hydrogen-bond donors (Lipinski definition) is 1. The molecule has 0 radical (unpaired) electrons. The third kappa shape index (κ3) is 7.56. The van der Waals surface area contributed by atoms with Gasteiger partial charge in [0.25, 0.3) is 0 Å². The van der Waals surface area contributed by atoms with Crippen LogP contribution in [-0.2, 0) is 28.4 Å². The maximum absolute atomic E-state index is 13.4. The van der Waals surface area contributed by atoms with E-state index in [4.69, 9.17) is 9.47 Å². The van der Waals surface area contributed by atoms with Crippen molar-refractivity contribution in [2.45, 2.75) is 69.3 Å². The van der Waals surface area contributed by atoms with Crippen molar-refractivity contribution in [1.29, 1.82) is 0 Å². The predicted octanol–water partition coefficient (Wildman–Crippen LogP) is 8.43. The second-order valence-corrected chi connectivity index (χ2v) is 9.84. The molecular formula is C30H29F6NO3. The van der Waals surface area contributed by atoms with Crippen LogP contribution >= 0.6 is 0 Å². The highest BCUT2D eigenvalue weighted by atomic mass is 19.4. The molecule has 1 fully saturated rings. The van der Waals surface area contributed by atoms with Crippen molar-refractivity contribution in [3.63, 3.8) is 0 Å². The number of ether oxygens (including phenoxy) is 2. The third-order valence-electron chi connectivity index (χ3n) is 7.00. The lowest BCUT2D eigenvalue weighted by molar-refractivity contribution is -0.143. The molecule has 40 heavy (non-hydrogen) atoms. The average molecular weight is 566 g/mol. The molecule has 1 aliphatic carbocycles. The monoisotopic (exact) mass is 565 g/mol. The first kappa shape index (κ1) is 29.5. The van der Waals surface area contributed by atoms with Gasteiger partial charge < -0.3 is 14.8 Å². The number of carbonyl (C=O) groups is 1. The van der Waals surface area contributed by atoms with E-state index in [-0.39, 0.29) is 18.2 Å². The molecule has 3 aromatic rings. The molecule has 1 aliphatic rings. The summed E-state index contributed by atoms with van der Waals surface area (Å²) in [5.74, 6) is -0.408. The highest BCUT2D eigenvalue weighted by molar-refractivity contribution is 5.68. The smallest absolute Gasteiger partial charge is 0.416 e. The molecule has 0 aromatic heterocycles. The number of carbonyl (C=O) groups excluding carboxylic acids is 1. The van der Waals surface area contributed by atoms with Gasteiger partial charge in [0.2, 0.25) is 0 Å². The van der Waals surface area contributed by atoms with Crippen LogP contribution in [0.3, 0.4) is 0 Å². The highest BCUT2D eigenvalue weighted by Gasteiger charge is 2.40. The van der Waals surface area contributed by atoms with E-state index in [1.807, 2.05) is 60.7 Å². The summed E-state index contributed by atoms with van der Waals surface area (Å²) in [7, 11) is 0. The van der Waals surface area contributed by atoms with Gasteiger partial charge in [0, 0.05) is 12.0 Å². The van der Waals surface area contributed by atoms with Crippen LogP contribution in [0.2, 0.25) is 0 Å². The molecule has 4 atom stereocenters. The number of rotatable bonds is 7. The number of alkyl carbamates (subject to hydrolysis) is 1. The van der Waals surface area contributed by atoms with Gasteiger partial charge in [-0.15, -0.1) is 0 Å². The fourth-order valence-electron chi connectivity index (χ4n) is 5.06. The van der Waals surface area contributed by atoms with Gasteiger partial charge in [-0.2, -0.15) is 26.3 Å². The van der Waals surface area contributed by atoms with Gasteiger partial charge in [-0.3, -0.25) is 0 Å². The van der Waals surface area contributed by atoms with Crippen molar-refractivity contribution in [1.82, 2.24) is 5.32 Å². The van der Waals surface area contributed by atoms with Crippen molar-refractivity contribution in [3.05, 3.63) is 107 Å². The van der Waals surface area contributed by atoms with Crippen LogP contribution in [0, 0.1) is 0 Å². The van der Waals surface area contributed by atoms with Gasteiger partial charge >= 0.3 is 18.4 Å². The van der Waals surface area contributed by atoms with Crippen LogP contribution in [0.1, 0.15) is 66.0 Å². The van der Waals surface area contributed by atoms with E-state index in [0.29, 0.717) is 31.4 Å². The van der Waals surface area contributed by atoms with E-state index < -0.39 is 53.7 Å². The Kier molecular flexibility index (Phi) is 9.08. The number of benzene rings is 3. The largest absolute Gasteiger partial charge is 0.445 e. The molecule has 1 N–H and O–H groups in total. The quantitative estimate of drug-likeness (QED) is 0.293. The fourth-order valence-corrected chi connectivity index (χ4v) is 5.06. The molecule has 0 saturated heterocycles. The van der Waals surface area contributed by atoms with E-state index >= 15 is 0 Å². The minimum absolute atomic E-state index is 0.0729. The topological polar surface area (TPSA) is 47.6 Å². The van der Waals surface area contributed by atoms with E-state index in [2.05, 4.69) is 5.32 Å². The molecule has 214 valence electrons. The zero-order valence-corrected chi connectivity index (χ0v) is 21.6. The van der Waals surface area contributed by atoms with E-state index in [9.17, 15) is 31.1 Å². The summed E-state index contributed by atoms with van der Waals surface area (Å²) in [6.07, 6.45) is -10.5. The van der Waals surface area contributed by atoms with E-state index in [0.717, 1.165) is 11.1 Å². The van der Waals surface area contributed by atoms with Crippen molar-refractivity contribution in [2.24, 2.45) is 0 Å². The zero-order valence-electron chi connectivity index (χ0n) is 21.6. The number of halogens is 6. The van der Waals surface area contributed by atoms with Crippen molar-refractivity contribution in [3.8, 4) is 0 Å². The first-order chi connectivity index (χ1) is 18.9. The SMILES string of the molecule is C[C@@H](O[C@@H]1CCC[C@H](NC(=O)OCc2ccccc2)[C@H]1c1ccccc1)c1cc(C(F)(F)F)cc(C(F)(F)F)c1. The van der Waals surface area contributed by atoms with Gasteiger partial charge in [0.15, 0.2) is 0 Å². The van der Waals surface area contributed by atoms with Crippen LogP contribution in [0.15, 0.2) is 78.9 Å².